The fraction of sp³-hybridized carbons (Fsp3) is 0.536. The first-order chi connectivity index (χ1) is 18.9. The van der Waals surface area contributed by atoms with Gasteiger partial charge in [0, 0.05) is 29.3 Å². The van der Waals surface area contributed by atoms with E-state index in [-0.39, 0.29) is 44.4 Å². The van der Waals surface area contributed by atoms with Crippen LogP contribution in [0.5, 0.6) is 5.75 Å². The molecule has 2 aromatic carbocycles. The first-order valence-electron chi connectivity index (χ1n) is 13.3. The maximum atomic E-state index is 12.1. The minimum Gasteiger partial charge on any atom is -0.466 e. The summed E-state index contributed by atoms with van der Waals surface area (Å²) in [6.45, 7) is 2.35. The van der Waals surface area contributed by atoms with Gasteiger partial charge in [-0.25, -0.2) is 0 Å². The van der Waals surface area contributed by atoms with Crippen molar-refractivity contribution in [2.24, 2.45) is 0 Å². The van der Waals surface area contributed by atoms with Crippen molar-refractivity contribution in [1.82, 2.24) is 0 Å². The van der Waals surface area contributed by atoms with Crippen LogP contribution in [-0.4, -0.2) is 54.1 Å². The average Bonchev–Trinajstić information content (AvgIpc) is 3.50. The molecule has 11 heteroatoms. The molecule has 0 aromatic heterocycles. The molecule has 9 nitrogen and oxygen atoms in total. The van der Waals surface area contributed by atoms with Gasteiger partial charge >= 0.3 is 17.9 Å². The van der Waals surface area contributed by atoms with E-state index in [0.717, 1.165) is 29.2 Å². The highest BCUT2D eigenvalue weighted by Crippen LogP contribution is 2.29. The number of hydrogen-bond acceptors (Lipinski definition) is 10. The maximum absolute atomic E-state index is 12.1. The Balaban J connectivity index is 0.000000953. The molecule has 0 aliphatic carbocycles. The molecule has 1 fully saturated rings. The van der Waals surface area contributed by atoms with Crippen molar-refractivity contribution >= 4 is 50.3 Å². The van der Waals surface area contributed by atoms with Crippen molar-refractivity contribution in [3.63, 3.8) is 0 Å². The van der Waals surface area contributed by atoms with Crippen LogP contribution in [0.1, 0.15) is 63.9 Å². The Hall–Kier alpha value is -2.79. The number of fused-ring (bicyclic) bond motifs is 1. The zero-order valence-electron chi connectivity index (χ0n) is 22.4. The Kier molecular flexibility index (Phi) is 16.0. The molecular formula is C28H37NO8S2. The Morgan fingerprint density at radius 2 is 1.49 bits per heavy atom. The van der Waals surface area contributed by atoms with Gasteiger partial charge in [0.05, 0.1) is 26.1 Å². The number of carbonyl (C=O) groups is 3. The smallest absolute Gasteiger partial charge is 0.311 e. The fourth-order valence-electron chi connectivity index (χ4n) is 3.46. The minimum absolute atomic E-state index is 0.0236. The van der Waals surface area contributed by atoms with Crippen LogP contribution in [0.3, 0.4) is 0 Å². The number of nitrogens with zero attached hydrogens (tertiary/aromatic N) is 1. The summed E-state index contributed by atoms with van der Waals surface area (Å²) in [7, 11) is 3.98. The zero-order valence-corrected chi connectivity index (χ0v) is 24.0. The van der Waals surface area contributed by atoms with Gasteiger partial charge in [-0.2, -0.15) is 0 Å². The molecule has 214 valence electrons. The molecule has 0 bridgehead atoms. The Morgan fingerprint density at radius 3 is 2.13 bits per heavy atom. The van der Waals surface area contributed by atoms with Crippen LogP contribution >= 0.6 is 21.6 Å². The van der Waals surface area contributed by atoms with Crippen molar-refractivity contribution in [2.45, 2.75) is 64.7 Å². The van der Waals surface area contributed by atoms with Gasteiger partial charge in [-0.05, 0) is 54.2 Å². The lowest BCUT2D eigenvalue weighted by atomic mass is 10.0. The lowest BCUT2D eigenvalue weighted by Crippen LogP contribution is -2.11. The molecule has 1 aliphatic rings. The summed E-state index contributed by atoms with van der Waals surface area (Å²) in [5, 5.41) is 12.0. The topological polar surface area (TPSA) is 122 Å². The molecule has 0 N–H and O–H groups in total. The highest BCUT2D eigenvalue weighted by Gasteiger charge is 2.10. The molecule has 0 atom stereocenters. The number of benzene rings is 2. The van der Waals surface area contributed by atoms with Crippen molar-refractivity contribution in [2.75, 3.05) is 31.3 Å². The fourth-order valence-corrected chi connectivity index (χ4v) is 5.82. The molecule has 3 rings (SSSR count). The van der Waals surface area contributed by atoms with Gasteiger partial charge in [0.1, 0.15) is 5.75 Å². The van der Waals surface area contributed by atoms with Crippen molar-refractivity contribution in [3.8, 4) is 5.75 Å². The second kappa shape index (κ2) is 19.3. The van der Waals surface area contributed by atoms with Crippen LogP contribution in [0.2, 0.25) is 0 Å². The minimum atomic E-state index is -0.518. The Morgan fingerprint density at radius 1 is 0.846 bits per heavy atom. The second-order valence-electron chi connectivity index (χ2n) is 8.90. The standard InChI is InChI=1S/C25H31NO8.C3H6S2/c1-2-3-7-23(27)32-14-4-5-15-33-25(29)17-19-9-10-21-18-22(12-11-20(21)16-19)34-24(28)8-6-13-26(30)31;1-2-4-5-3-1/h9-12,16,18H,2-8,13-15,17H2,1H3;1-3H2. The van der Waals surface area contributed by atoms with Gasteiger partial charge < -0.3 is 14.2 Å². The average molecular weight is 580 g/mol. The van der Waals surface area contributed by atoms with Gasteiger partial charge in [0.15, 0.2) is 0 Å². The van der Waals surface area contributed by atoms with Crippen molar-refractivity contribution in [1.29, 1.82) is 0 Å². The Bertz CT molecular complexity index is 1070. The molecule has 0 amide bonds. The number of rotatable bonds is 15. The predicted octanol–water partition coefficient (Wildman–Crippen LogP) is 6.17. The summed E-state index contributed by atoms with van der Waals surface area (Å²) in [6.07, 6.45) is 5.15. The van der Waals surface area contributed by atoms with Crippen LogP contribution in [0.25, 0.3) is 10.8 Å². The van der Waals surface area contributed by atoms with Crippen molar-refractivity contribution < 1.29 is 33.5 Å². The summed E-state index contributed by atoms with van der Waals surface area (Å²) in [6, 6.07) is 10.6. The lowest BCUT2D eigenvalue weighted by molar-refractivity contribution is -0.480. The third-order valence-corrected chi connectivity index (χ3v) is 8.09. The number of ether oxygens (including phenoxy) is 3. The van der Waals surface area contributed by atoms with Gasteiger partial charge in [-0.15, -0.1) is 0 Å². The predicted molar refractivity (Wildman–Crippen MR) is 155 cm³/mol. The molecular weight excluding hydrogens is 542 g/mol. The van der Waals surface area contributed by atoms with Gasteiger partial charge in [-0.1, -0.05) is 59.2 Å². The van der Waals surface area contributed by atoms with E-state index in [1.165, 1.54) is 17.9 Å². The second-order valence-corrected chi connectivity index (χ2v) is 11.6. The summed E-state index contributed by atoms with van der Waals surface area (Å²) < 4.78 is 15.6. The lowest BCUT2D eigenvalue weighted by Gasteiger charge is -2.08. The molecule has 1 saturated heterocycles. The van der Waals surface area contributed by atoms with Crippen LogP contribution < -0.4 is 4.74 Å². The van der Waals surface area contributed by atoms with Crippen molar-refractivity contribution in [3.05, 3.63) is 52.1 Å². The van der Waals surface area contributed by atoms with E-state index in [9.17, 15) is 24.5 Å². The molecule has 39 heavy (non-hydrogen) atoms. The van der Waals surface area contributed by atoms with Gasteiger partial charge in [-0.3, -0.25) is 24.5 Å². The third-order valence-electron chi connectivity index (χ3n) is 5.52. The van der Waals surface area contributed by atoms with E-state index in [4.69, 9.17) is 14.2 Å². The van der Waals surface area contributed by atoms with E-state index in [0.29, 0.717) is 31.6 Å². The van der Waals surface area contributed by atoms with Gasteiger partial charge in [0.2, 0.25) is 6.54 Å². The molecule has 0 unspecified atom stereocenters. The van der Waals surface area contributed by atoms with E-state index in [2.05, 4.69) is 0 Å². The van der Waals surface area contributed by atoms with Crippen LogP contribution in [0, 0.1) is 10.1 Å². The van der Waals surface area contributed by atoms with E-state index in [1.807, 2.05) is 46.7 Å². The molecule has 0 saturated carbocycles. The first kappa shape index (κ1) is 32.4. The highest BCUT2D eigenvalue weighted by molar-refractivity contribution is 8.77. The molecule has 0 radical (unpaired) electrons. The monoisotopic (exact) mass is 579 g/mol. The van der Waals surface area contributed by atoms with Gasteiger partial charge in [0.25, 0.3) is 0 Å². The molecule has 1 aliphatic heterocycles. The normalized spacial score (nSPS) is 12.3. The van der Waals surface area contributed by atoms with E-state index in [1.54, 1.807) is 18.2 Å². The first-order valence-corrected chi connectivity index (χ1v) is 15.8. The van der Waals surface area contributed by atoms with Crippen LogP contribution in [0.4, 0.5) is 0 Å². The summed E-state index contributed by atoms with van der Waals surface area (Å²) in [4.78, 5) is 45.2. The van der Waals surface area contributed by atoms with E-state index < -0.39 is 10.9 Å². The molecule has 2 aromatic rings. The quantitative estimate of drug-likeness (QED) is 0.0604. The van der Waals surface area contributed by atoms with Crippen LogP contribution in [0.15, 0.2) is 36.4 Å². The Labute approximate surface area is 237 Å². The number of nitro groups is 1. The number of hydrogen-bond donors (Lipinski definition) is 0. The number of unbranched alkanes of at least 4 members (excludes halogenated alkanes) is 2. The summed E-state index contributed by atoms with van der Waals surface area (Å²) in [5.41, 5.74) is 0.798. The van der Waals surface area contributed by atoms with Crippen LogP contribution in [-0.2, 0) is 30.3 Å². The molecule has 1 heterocycles. The highest BCUT2D eigenvalue weighted by atomic mass is 33.1. The van der Waals surface area contributed by atoms with E-state index >= 15 is 0 Å². The zero-order chi connectivity index (χ0) is 28.3. The maximum Gasteiger partial charge on any atom is 0.311 e. The summed E-state index contributed by atoms with van der Waals surface area (Å²) >= 11 is 0. The SMILES string of the molecule is C1CSSC1.CCCCC(=O)OCCCCOC(=O)Cc1ccc2cc(OC(=O)CCC[N+](=O)[O-])ccc2c1. The largest absolute Gasteiger partial charge is 0.466 e. The summed E-state index contributed by atoms with van der Waals surface area (Å²) in [5.74, 6) is 2.08. The number of esters is 3. The number of carbonyl (C=O) groups excluding carboxylic acids is 3. The molecule has 0 spiro atoms. The third kappa shape index (κ3) is 14.8.